The van der Waals surface area contributed by atoms with Crippen LogP contribution in [-0.2, 0) is 9.31 Å². The molecule has 0 saturated carbocycles. The van der Waals surface area contributed by atoms with Crippen LogP contribution >= 0.6 is 0 Å². The van der Waals surface area contributed by atoms with Crippen LogP contribution in [0.15, 0.2) is 48.8 Å². The van der Waals surface area contributed by atoms with Crippen molar-refractivity contribution in [3.8, 4) is 11.1 Å². The first-order chi connectivity index (χ1) is 10.5. The lowest BCUT2D eigenvalue weighted by molar-refractivity contribution is 0.0438. The van der Waals surface area contributed by atoms with E-state index in [0.717, 1.165) is 16.6 Å². The molecule has 0 radical (unpaired) electrons. The Bertz CT molecular complexity index is 643. The zero-order valence-corrected chi connectivity index (χ0v) is 13.6. The molecule has 4 heteroatoms. The van der Waals surface area contributed by atoms with Crippen molar-refractivity contribution in [2.75, 3.05) is 0 Å². The molecule has 0 aliphatic carbocycles. The second-order valence-electron chi connectivity index (χ2n) is 6.72. The van der Waals surface area contributed by atoms with E-state index in [0.29, 0.717) is 5.92 Å². The maximum Gasteiger partial charge on any atom is 0.494 e. The third kappa shape index (κ3) is 2.94. The second-order valence-corrected chi connectivity index (χ2v) is 6.72. The van der Waals surface area contributed by atoms with E-state index in [2.05, 4.69) is 56.9 Å². The largest absolute Gasteiger partial charge is 0.494 e. The summed E-state index contributed by atoms with van der Waals surface area (Å²) in [6, 6.07) is 12.3. The first kappa shape index (κ1) is 15.3. The first-order valence-corrected chi connectivity index (χ1v) is 7.81. The zero-order chi connectivity index (χ0) is 15.7. The molecular weight excluding hydrogens is 273 g/mol. The predicted molar refractivity (Wildman–Crippen MR) is 89.9 cm³/mol. The molecule has 1 unspecified atom stereocenters. The number of rotatable bonds is 3. The highest BCUT2D eigenvalue weighted by atomic mass is 16.7. The maximum atomic E-state index is 6.18. The fourth-order valence-electron chi connectivity index (χ4n) is 3.17. The van der Waals surface area contributed by atoms with Crippen molar-refractivity contribution < 1.29 is 9.31 Å². The Labute approximate surface area is 132 Å². The van der Waals surface area contributed by atoms with Crippen LogP contribution in [-0.4, -0.2) is 23.8 Å². The highest BCUT2D eigenvalue weighted by Crippen LogP contribution is 2.32. The molecule has 2 heterocycles. The van der Waals surface area contributed by atoms with E-state index < -0.39 is 0 Å². The summed E-state index contributed by atoms with van der Waals surface area (Å²) in [4.78, 5) is 4.18. The van der Waals surface area contributed by atoms with Gasteiger partial charge in [0.1, 0.15) is 0 Å². The van der Waals surface area contributed by atoms with E-state index >= 15 is 0 Å². The van der Waals surface area contributed by atoms with E-state index in [1.165, 1.54) is 0 Å². The van der Waals surface area contributed by atoms with Gasteiger partial charge in [0.2, 0.25) is 0 Å². The summed E-state index contributed by atoms with van der Waals surface area (Å²) in [7, 11) is -0.306. The van der Waals surface area contributed by atoms with Crippen molar-refractivity contribution in [1.82, 2.24) is 4.98 Å². The summed E-state index contributed by atoms with van der Waals surface area (Å²) in [5.41, 5.74) is 3.01. The van der Waals surface area contributed by atoms with Gasteiger partial charge in [0.25, 0.3) is 0 Å². The maximum absolute atomic E-state index is 6.18. The zero-order valence-electron chi connectivity index (χ0n) is 13.6. The normalized spacial score (nSPS) is 20.6. The number of pyridine rings is 1. The summed E-state index contributed by atoms with van der Waals surface area (Å²) in [6.45, 7) is 8.54. The van der Waals surface area contributed by atoms with Gasteiger partial charge in [-0.1, -0.05) is 44.2 Å². The van der Waals surface area contributed by atoms with Gasteiger partial charge in [-0.15, -0.1) is 0 Å². The molecule has 0 spiro atoms. The summed E-state index contributed by atoms with van der Waals surface area (Å²) < 4.78 is 12.3. The first-order valence-electron chi connectivity index (χ1n) is 7.81. The lowest BCUT2D eigenvalue weighted by atomic mass is 9.78. The van der Waals surface area contributed by atoms with Gasteiger partial charge < -0.3 is 9.31 Å². The van der Waals surface area contributed by atoms with Gasteiger partial charge in [-0.05, 0) is 42.4 Å². The van der Waals surface area contributed by atoms with Crippen LogP contribution in [0.1, 0.15) is 27.7 Å². The minimum absolute atomic E-state index is 0.0968. The third-order valence-corrected chi connectivity index (χ3v) is 4.13. The molecule has 3 rings (SSSR count). The van der Waals surface area contributed by atoms with Crippen LogP contribution in [0.4, 0.5) is 0 Å². The number of aromatic nitrogens is 1. The van der Waals surface area contributed by atoms with Crippen LogP contribution in [0.3, 0.4) is 0 Å². The number of hydrogen-bond donors (Lipinski definition) is 0. The molecule has 2 aromatic rings. The van der Waals surface area contributed by atoms with E-state index in [4.69, 9.17) is 9.31 Å². The summed E-state index contributed by atoms with van der Waals surface area (Å²) in [5, 5.41) is 0. The Kier molecular flexibility index (Phi) is 4.07. The van der Waals surface area contributed by atoms with Crippen molar-refractivity contribution in [2.24, 2.45) is 5.92 Å². The van der Waals surface area contributed by atoms with E-state index in [1.54, 1.807) is 6.20 Å². The van der Waals surface area contributed by atoms with Gasteiger partial charge in [0.15, 0.2) is 0 Å². The molecule has 1 atom stereocenters. The van der Waals surface area contributed by atoms with E-state index in [-0.39, 0.29) is 18.8 Å². The Hall–Kier alpha value is -1.65. The molecular formula is C18H22BNO2. The molecule has 3 nitrogen and oxygen atoms in total. The van der Waals surface area contributed by atoms with Gasteiger partial charge in [0.05, 0.1) is 11.7 Å². The molecule has 1 aromatic heterocycles. The Morgan fingerprint density at radius 2 is 1.91 bits per heavy atom. The minimum atomic E-state index is -0.306. The lowest BCUT2D eigenvalue weighted by Gasteiger charge is -2.28. The highest BCUT2D eigenvalue weighted by Gasteiger charge is 2.47. The highest BCUT2D eigenvalue weighted by molar-refractivity contribution is 6.62. The Morgan fingerprint density at radius 1 is 1.14 bits per heavy atom. The molecule has 1 aromatic carbocycles. The Morgan fingerprint density at radius 3 is 2.55 bits per heavy atom. The van der Waals surface area contributed by atoms with Crippen LogP contribution in [0.2, 0.25) is 0 Å². The molecule has 0 bridgehead atoms. The average molecular weight is 295 g/mol. The van der Waals surface area contributed by atoms with Crippen LogP contribution in [0.5, 0.6) is 0 Å². The third-order valence-electron chi connectivity index (χ3n) is 4.13. The number of benzene rings is 1. The topological polar surface area (TPSA) is 31.4 Å². The van der Waals surface area contributed by atoms with Gasteiger partial charge >= 0.3 is 7.12 Å². The standard InChI is InChI=1S/C18H22BNO2/c1-13(2)17-18(3,4)22-19(21-17)16-9-5-7-14(11-16)15-8-6-10-20-12-15/h5-13,17H,1-4H3. The van der Waals surface area contributed by atoms with Gasteiger partial charge in [0, 0.05) is 12.4 Å². The van der Waals surface area contributed by atoms with Crippen molar-refractivity contribution in [3.05, 3.63) is 48.8 Å². The monoisotopic (exact) mass is 295 g/mol. The second kappa shape index (κ2) is 5.86. The lowest BCUT2D eigenvalue weighted by Crippen LogP contribution is -2.37. The molecule has 0 N–H and O–H groups in total. The molecule has 1 fully saturated rings. The predicted octanol–water partition coefficient (Wildman–Crippen LogP) is 3.29. The van der Waals surface area contributed by atoms with Crippen molar-refractivity contribution in [3.63, 3.8) is 0 Å². The Balaban J connectivity index is 1.88. The fraction of sp³-hybridized carbons (Fsp3) is 0.389. The quantitative estimate of drug-likeness (QED) is 0.814. The van der Waals surface area contributed by atoms with Crippen LogP contribution < -0.4 is 5.46 Å². The van der Waals surface area contributed by atoms with Crippen molar-refractivity contribution in [2.45, 2.75) is 39.4 Å². The summed E-state index contributed by atoms with van der Waals surface area (Å²) in [5.74, 6) is 0.418. The van der Waals surface area contributed by atoms with Crippen molar-refractivity contribution in [1.29, 1.82) is 0 Å². The molecule has 1 aliphatic rings. The molecule has 1 aliphatic heterocycles. The van der Waals surface area contributed by atoms with Gasteiger partial charge in [-0.2, -0.15) is 0 Å². The van der Waals surface area contributed by atoms with E-state index in [1.807, 2.05) is 18.3 Å². The molecule has 22 heavy (non-hydrogen) atoms. The molecule has 114 valence electrons. The van der Waals surface area contributed by atoms with Crippen LogP contribution in [0, 0.1) is 5.92 Å². The average Bonchev–Trinajstić information content (AvgIpc) is 2.84. The van der Waals surface area contributed by atoms with Crippen molar-refractivity contribution >= 4 is 12.6 Å². The van der Waals surface area contributed by atoms with Crippen LogP contribution in [0.25, 0.3) is 11.1 Å². The van der Waals surface area contributed by atoms with E-state index in [9.17, 15) is 0 Å². The van der Waals surface area contributed by atoms with Gasteiger partial charge in [-0.3, -0.25) is 4.98 Å². The molecule has 1 saturated heterocycles. The number of nitrogens with zero attached hydrogens (tertiary/aromatic N) is 1. The SMILES string of the molecule is CC(C)C1OB(c2cccc(-c3cccnc3)c2)OC1(C)C. The molecule has 0 amide bonds. The minimum Gasteiger partial charge on any atom is -0.401 e. The van der Waals surface area contributed by atoms with Gasteiger partial charge in [-0.25, -0.2) is 0 Å². The smallest absolute Gasteiger partial charge is 0.401 e. The fourth-order valence-corrected chi connectivity index (χ4v) is 3.17. The summed E-state index contributed by atoms with van der Waals surface area (Å²) in [6.07, 6.45) is 3.75. The summed E-state index contributed by atoms with van der Waals surface area (Å²) >= 11 is 0. The number of hydrogen-bond acceptors (Lipinski definition) is 3.